The molecule has 1 aliphatic heterocycles. The molecular weight excluding hydrogens is 242 g/mol. The summed E-state index contributed by atoms with van der Waals surface area (Å²) in [7, 11) is 0. The Labute approximate surface area is 103 Å². The number of aromatic nitrogens is 1. The lowest BCUT2D eigenvalue weighted by Crippen LogP contribution is -2.55. The molecule has 1 aromatic rings. The summed E-state index contributed by atoms with van der Waals surface area (Å²) in [6.07, 6.45) is 0.328. The highest BCUT2D eigenvalue weighted by molar-refractivity contribution is 5.94. The molecule has 0 spiro atoms. The number of amides is 1. The van der Waals surface area contributed by atoms with E-state index in [0.29, 0.717) is 24.3 Å². The molecule has 2 rings (SSSR count). The third kappa shape index (κ3) is 2.73. The number of carbonyl (C=O) groups excluding carboxylic acids is 1. The second-order valence-electron chi connectivity index (χ2n) is 4.15. The Kier molecular flexibility index (Phi) is 3.71. The van der Waals surface area contributed by atoms with Gasteiger partial charge in [-0.2, -0.15) is 0 Å². The Morgan fingerprint density at radius 3 is 3.00 bits per heavy atom. The Hall–Kier alpha value is -1.76. The van der Waals surface area contributed by atoms with Crippen molar-refractivity contribution in [1.29, 1.82) is 0 Å². The molecule has 1 atom stereocenters. The summed E-state index contributed by atoms with van der Waals surface area (Å²) in [5.74, 6) is -0.318. The molecule has 2 heterocycles. The second-order valence-corrected chi connectivity index (χ2v) is 4.15. The third-order valence-corrected chi connectivity index (χ3v) is 2.80. The first-order valence-electron chi connectivity index (χ1n) is 5.59. The summed E-state index contributed by atoms with van der Waals surface area (Å²) in [6.45, 7) is 0.749. The minimum atomic E-state index is -2.49. The summed E-state index contributed by atoms with van der Waals surface area (Å²) in [5, 5.41) is 2.68. The predicted octanol–water partition coefficient (Wildman–Crippen LogP) is 0.343. The molecule has 0 radical (unpaired) electrons. The molecule has 0 aromatic carbocycles. The number of anilines is 1. The van der Waals surface area contributed by atoms with Gasteiger partial charge in [0.2, 0.25) is 0 Å². The van der Waals surface area contributed by atoms with Crippen LogP contribution in [0.2, 0.25) is 0 Å². The third-order valence-electron chi connectivity index (χ3n) is 2.80. The maximum atomic E-state index is 12.6. The molecule has 1 saturated heterocycles. The normalized spacial score (nSPS) is 20.2. The van der Waals surface area contributed by atoms with E-state index in [1.807, 2.05) is 0 Å². The lowest BCUT2D eigenvalue weighted by atomic mass is 10.1. The van der Waals surface area contributed by atoms with Gasteiger partial charge in [0.25, 0.3) is 12.3 Å². The fourth-order valence-corrected chi connectivity index (χ4v) is 1.89. The summed E-state index contributed by atoms with van der Waals surface area (Å²) in [5.41, 5.74) is 6.24. The van der Waals surface area contributed by atoms with Gasteiger partial charge in [-0.05, 0) is 6.07 Å². The van der Waals surface area contributed by atoms with E-state index in [9.17, 15) is 13.6 Å². The Balaban J connectivity index is 2.09. The Morgan fingerprint density at radius 1 is 1.56 bits per heavy atom. The van der Waals surface area contributed by atoms with Crippen LogP contribution in [0.1, 0.15) is 10.4 Å². The van der Waals surface area contributed by atoms with Crippen molar-refractivity contribution in [2.75, 3.05) is 25.4 Å². The highest BCUT2D eigenvalue weighted by Crippen LogP contribution is 2.12. The van der Waals surface area contributed by atoms with Crippen LogP contribution in [0, 0.1) is 0 Å². The fraction of sp³-hybridized carbons (Fsp3) is 0.455. The zero-order valence-corrected chi connectivity index (χ0v) is 9.64. The van der Waals surface area contributed by atoms with Crippen LogP contribution in [0.15, 0.2) is 18.5 Å². The number of hydrogen-bond donors (Lipinski definition) is 2. The number of nitrogens with two attached hydrogens (primary N) is 1. The summed E-state index contributed by atoms with van der Waals surface area (Å²) < 4.78 is 25.2. The van der Waals surface area contributed by atoms with E-state index in [0.717, 1.165) is 0 Å². The van der Waals surface area contributed by atoms with Gasteiger partial charge in [0.15, 0.2) is 0 Å². The van der Waals surface area contributed by atoms with Crippen LogP contribution in [0.3, 0.4) is 0 Å². The van der Waals surface area contributed by atoms with Gasteiger partial charge >= 0.3 is 0 Å². The number of nitrogens with zero attached hydrogens (tertiary/aromatic N) is 2. The van der Waals surface area contributed by atoms with Crippen molar-refractivity contribution in [2.45, 2.75) is 12.5 Å². The highest BCUT2D eigenvalue weighted by Gasteiger charge is 2.29. The molecule has 1 fully saturated rings. The van der Waals surface area contributed by atoms with E-state index in [2.05, 4.69) is 10.3 Å². The Bertz CT molecular complexity index is 441. The molecule has 98 valence electrons. The summed E-state index contributed by atoms with van der Waals surface area (Å²) in [6, 6.07) is 0.520. The summed E-state index contributed by atoms with van der Waals surface area (Å²) >= 11 is 0. The number of alkyl halides is 2. The van der Waals surface area contributed by atoms with E-state index in [1.165, 1.54) is 23.4 Å². The van der Waals surface area contributed by atoms with Crippen LogP contribution < -0.4 is 11.1 Å². The zero-order valence-electron chi connectivity index (χ0n) is 9.64. The number of nitrogen functional groups attached to an aromatic ring is 1. The van der Waals surface area contributed by atoms with Gasteiger partial charge in [-0.25, -0.2) is 8.78 Å². The van der Waals surface area contributed by atoms with Gasteiger partial charge in [0.1, 0.15) is 0 Å². The first-order valence-corrected chi connectivity index (χ1v) is 5.59. The zero-order chi connectivity index (χ0) is 13.1. The highest BCUT2D eigenvalue weighted by atomic mass is 19.3. The molecule has 1 unspecified atom stereocenters. The maximum absolute atomic E-state index is 12.6. The lowest BCUT2D eigenvalue weighted by molar-refractivity contribution is 0.0452. The van der Waals surface area contributed by atoms with Crippen LogP contribution in [-0.2, 0) is 0 Å². The maximum Gasteiger partial charge on any atom is 0.255 e. The van der Waals surface area contributed by atoms with Crippen molar-refractivity contribution in [3.05, 3.63) is 24.0 Å². The van der Waals surface area contributed by atoms with Crippen molar-refractivity contribution in [3.8, 4) is 0 Å². The fourth-order valence-electron chi connectivity index (χ4n) is 1.89. The van der Waals surface area contributed by atoms with Gasteiger partial charge in [0, 0.05) is 32.0 Å². The van der Waals surface area contributed by atoms with Crippen LogP contribution in [0.4, 0.5) is 14.5 Å². The number of carbonyl (C=O) groups is 1. The van der Waals surface area contributed by atoms with E-state index in [-0.39, 0.29) is 12.5 Å². The molecule has 1 amide bonds. The van der Waals surface area contributed by atoms with Crippen LogP contribution in [0.25, 0.3) is 0 Å². The molecule has 7 heteroatoms. The average Bonchev–Trinajstić information content (AvgIpc) is 2.38. The van der Waals surface area contributed by atoms with Gasteiger partial charge < -0.3 is 16.0 Å². The molecule has 1 aromatic heterocycles. The monoisotopic (exact) mass is 256 g/mol. The van der Waals surface area contributed by atoms with Crippen molar-refractivity contribution in [2.24, 2.45) is 0 Å². The van der Waals surface area contributed by atoms with Crippen LogP contribution in [-0.4, -0.2) is 47.9 Å². The SMILES string of the molecule is Nc1cncc(C(=O)N2CCNC(C(F)F)C2)c1. The van der Waals surface area contributed by atoms with Gasteiger partial charge in [-0.1, -0.05) is 0 Å². The van der Waals surface area contributed by atoms with Crippen molar-refractivity contribution >= 4 is 11.6 Å². The predicted molar refractivity (Wildman–Crippen MR) is 62.3 cm³/mol. The first kappa shape index (κ1) is 12.7. The molecular formula is C11H14F2N4O. The molecule has 0 aliphatic carbocycles. The van der Waals surface area contributed by atoms with E-state index in [1.54, 1.807) is 0 Å². The minimum absolute atomic E-state index is 0.00863. The minimum Gasteiger partial charge on any atom is -0.397 e. The molecule has 3 N–H and O–H groups in total. The number of nitrogens with one attached hydrogen (secondary N) is 1. The topological polar surface area (TPSA) is 71.2 Å². The Morgan fingerprint density at radius 2 is 2.33 bits per heavy atom. The number of hydrogen-bond acceptors (Lipinski definition) is 4. The molecule has 18 heavy (non-hydrogen) atoms. The van der Waals surface area contributed by atoms with Crippen LogP contribution >= 0.6 is 0 Å². The van der Waals surface area contributed by atoms with E-state index < -0.39 is 12.5 Å². The van der Waals surface area contributed by atoms with Gasteiger partial charge in [-0.3, -0.25) is 9.78 Å². The quantitative estimate of drug-likeness (QED) is 0.800. The molecule has 5 nitrogen and oxygen atoms in total. The van der Waals surface area contributed by atoms with Gasteiger partial charge in [-0.15, -0.1) is 0 Å². The molecule has 0 bridgehead atoms. The van der Waals surface area contributed by atoms with Crippen molar-refractivity contribution in [3.63, 3.8) is 0 Å². The number of piperazine rings is 1. The largest absolute Gasteiger partial charge is 0.397 e. The summed E-state index contributed by atoms with van der Waals surface area (Å²) in [4.78, 5) is 17.3. The smallest absolute Gasteiger partial charge is 0.255 e. The van der Waals surface area contributed by atoms with Crippen LogP contribution in [0.5, 0.6) is 0 Å². The van der Waals surface area contributed by atoms with E-state index in [4.69, 9.17) is 5.73 Å². The average molecular weight is 256 g/mol. The number of halogens is 2. The number of rotatable bonds is 2. The van der Waals surface area contributed by atoms with Crippen molar-refractivity contribution < 1.29 is 13.6 Å². The standard InChI is InChI=1S/C11H14F2N4O/c12-10(13)9-6-17(2-1-16-9)11(18)7-3-8(14)5-15-4-7/h3-5,9-10,16H,1-2,6,14H2. The lowest BCUT2D eigenvalue weighted by Gasteiger charge is -2.33. The molecule has 1 aliphatic rings. The molecule has 0 saturated carbocycles. The van der Waals surface area contributed by atoms with Crippen molar-refractivity contribution in [1.82, 2.24) is 15.2 Å². The number of pyridine rings is 1. The van der Waals surface area contributed by atoms with E-state index >= 15 is 0 Å². The second kappa shape index (κ2) is 5.26. The van der Waals surface area contributed by atoms with Gasteiger partial charge in [0.05, 0.1) is 17.3 Å². The first-order chi connectivity index (χ1) is 8.58.